The number of carbonyl (C=O) groups excluding carboxylic acids is 1. The summed E-state index contributed by atoms with van der Waals surface area (Å²) in [7, 11) is 0. The van der Waals surface area contributed by atoms with Crippen LogP contribution >= 0.6 is 0 Å². The Bertz CT molecular complexity index is 1280. The van der Waals surface area contributed by atoms with Gasteiger partial charge in [0.25, 0.3) is 0 Å². The summed E-state index contributed by atoms with van der Waals surface area (Å²) in [6, 6.07) is 17.0. The number of carbonyl (C=O) groups is 1. The van der Waals surface area contributed by atoms with Crippen molar-refractivity contribution >= 4 is 33.5 Å². The van der Waals surface area contributed by atoms with Crippen molar-refractivity contribution < 1.29 is 4.79 Å². The van der Waals surface area contributed by atoms with E-state index in [4.69, 9.17) is 0 Å². The van der Waals surface area contributed by atoms with Gasteiger partial charge in [-0.1, -0.05) is 18.2 Å². The Hall–Kier alpha value is -4.20. The third-order valence-corrected chi connectivity index (χ3v) is 4.43. The number of pyridine rings is 1. The molecule has 0 fully saturated rings. The molecule has 0 aliphatic heterocycles. The number of amides is 1. The number of aromatic nitrogens is 5. The molecule has 0 atom stereocenters. The number of hydrazine groups is 1. The first-order chi connectivity index (χ1) is 13.8. The lowest BCUT2D eigenvalue weighted by Crippen LogP contribution is -2.30. The summed E-state index contributed by atoms with van der Waals surface area (Å²) in [5.74, 6) is -0.287. The molecule has 0 aliphatic carbocycles. The van der Waals surface area contributed by atoms with Crippen LogP contribution in [0.2, 0.25) is 0 Å². The zero-order valence-electron chi connectivity index (χ0n) is 14.6. The summed E-state index contributed by atoms with van der Waals surface area (Å²) in [5, 5.41) is 7.28. The zero-order valence-corrected chi connectivity index (χ0v) is 14.6. The monoisotopic (exact) mass is 369 g/mol. The van der Waals surface area contributed by atoms with Crippen LogP contribution in [0.1, 0.15) is 10.6 Å². The lowest BCUT2D eigenvalue weighted by molar-refractivity contribution is 0.0953. The molecule has 8 nitrogen and oxygen atoms in total. The van der Waals surface area contributed by atoms with Crippen LogP contribution in [0.25, 0.3) is 33.2 Å². The van der Waals surface area contributed by atoms with Gasteiger partial charge in [-0.3, -0.25) is 25.7 Å². The summed E-state index contributed by atoms with van der Waals surface area (Å²) < 4.78 is 0. The highest BCUT2D eigenvalue weighted by Crippen LogP contribution is 2.28. The molecule has 28 heavy (non-hydrogen) atoms. The van der Waals surface area contributed by atoms with Gasteiger partial charge in [0, 0.05) is 23.3 Å². The maximum atomic E-state index is 12.4. The molecule has 0 saturated heterocycles. The molecule has 136 valence electrons. The van der Waals surface area contributed by atoms with Crippen LogP contribution in [0.15, 0.2) is 67.0 Å². The smallest absolute Gasteiger partial charge is 0.300 e. The van der Waals surface area contributed by atoms with Crippen molar-refractivity contribution in [3.63, 3.8) is 0 Å². The fourth-order valence-electron chi connectivity index (χ4n) is 3.07. The van der Waals surface area contributed by atoms with Gasteiger partial charge in [0.2, 0.25) is 5.82 Å². The SMILES string of the molecule is O=C(NNc1ccccc1)c1nc2cc3[nH][nH]c(-c4ccncc4)c3cc2n1. The second-order valence-corrected chi connectivity index (χ2v) is 6.24. The van der Waals surface area contributed by atoms with Gasteiger partial charge in [0.15, 0.2) is 0 Å². The van der Waals surface area contributed by atoms with E-state index in [1.165, 1.54) is 0 Å². The molecule has 3 aromatic heterocycles. The summed E-state index contributed by atoms with van der Waals surface area (Å²) in [4.78, 5) is 25.2. The molecule has 1 amide bonds. The van der Waals surface area contributed by atoms with E-state index in [0.29, 0.717) is 11.0 Å². The van der Waals surface area contributed by atoms with Gasteiger partial charge in [-0.05, 0) is 36.4 Å². The van der Waals surface area contributed by atoms with Gasteiger partial charge in [-0.25, -0.2) is 9.97 Å². The molecule has 0 bridgehead atoms. The van der Waals surface area contributed by atoms with E-state index in [-0.39, 0.29) is 5.82 Å². The molecular weight excluding hydrogens is 354 g/mol. The van der Waals surface area contributed by atoms with Gasteiger partial charge < -0.3 is 5.10 Å². The minimum atomic E-state index is -0.398. The lowest BCUT2D eigenvalue weighted by Gasteiger charge is -2.05. The quantitative estimate of drug-likeness (QED) is 0.363. The summed E-state index contributed by atoms with van der Waals surface area (Å²) in [5.41, 5.74) is 10.4. The van der Waals surface area contributed by atoms with E-state index in [1.807, 2.05) is 54.6 Å². The molecule has 2 aromatic carbocycles. The number of para-hydroxylation sites is 1. The molecule has 0 radical (unpaired) electrons. The highest BCUT2D eigenvalue weighted by molar-refractivity contribution is 6.02. The van der Waals surface area contributed by atoms with Crippen molar-refractivity contribution in [2.45, 2.75) is 0 Å². The van der Waals surface area contributed by atoms with Gasteiger partial charge in [0.05, 0.1) is 27.9 Å². The topological polar surface area (TPSA) is 111 Å². The zero-order chi connectivity index (χ0) is 18.9. The van der Waals surface area contributed by atoms with Crippen molar-refractivity contribution in [3.8, 4) is 11.3 Å². The third-order valence-electron chi connectivity index (χ3n) is 4.43. The van der Waals surface area contributed by atoms with Crippen LogP contribution in [0, 0.1) is 0 Å². The van der Waals surface area contributed by atoms with Gasteiger partial charge in [0.1, 0.15) is 0 Å². The number of benzene rings is 2. The number of nitrogens with one attached hydrogen (secondary N) is 4. The highest BCUT2D eigenvalue weighted by Gasteiger charge is 2.15. The summed E-state index contributed by atoms with van der Waals surface area (Å²) >= 11 is 0. The number of imidazole rings is 1. The minimum absolute atomic E-state index is 0.112. The van der Waals surface area contributed by atoms with Gasteiger partial charge in [-0.2, -0.15) is 0 Å². The number of hydrogen-bond donors (Lipinski definition) is 4. The van der Waals surface area contributed by atoms with Crippen molar-refractivity contribution in [2.24, 2.45) is 0 Å². The van der Waals surface area contributed by atoms with E-state index in [0.717, 1.165) is 27.8 Å². The van der Waals surface area contributed by atoms with Crippen molar-refractivity contribution in [1.29, 1.82) is 0 Å². The summed E-state index contributed by atoms with van der Waals surface area (Å²) in [6.07, 6.45) is 3.48. The predicted octanol–water partition coefficient (Wildman–Crippen LogP) is 3.26. The molecule has 4 N–H and O–H groups in total. The van der Waals surface area contributed by atoms with E-state index in [2.05, 4.69) is 36.0 Å². The molecule has 8 heteroatoms. The van der Waals surface area contributed by atoms with Crippen LogP contribution in [-0.4, -0.2) is 31.1 Å². The molecule has 0 spiro atoms. The van der Waals surface area contributed by atoms with Crippen LogP contribution < -0.4 is 10.9 Å². The Morgan fingerprint density at radius 2 is 1.64 bits per heavy atom. The van der Waals surface area contributed by atoms with Crippen LogP contribution in [-0.2, 0) is 0 Å². The number of H-pyrrole nitrogens is 2. The molecule has 0 aliphatic rings. The molecular formula is C20H15N7O. The largest absolute Gasteiger partial charge is 0.307 e. The maximum Gasteiger partial charge on any atom is 0.307 e. The predicted molar refractivity (Wildman–Crippen MR) is 107 cm³/mol. The first kappa shape index (κ1) is 16.0. The van der Waals surface area contributed by atoms with Crippen molar-refractivity contribution in [2.75, 3.05) is 5.43 Å². The Labute approximate surface area is 159 Å². The van der Waals surface area contributed by atoms with E-state index in [9.17, 15) is 4.79 Å². The minimum Gasteiger partial charge on any atom is -0.300 e. The number of nitrogens with zero attached hydrogens (tertiary/aromatic N) is 3. The number of fused-ring (bicyclic) bond motifs is 2. The Morgan fingerprint density at radius 3 is 2.43 bits per heavy atom. The molecule has 3 heterocycles. The highest BCUT2D eigenvalue weighted by atomic mass is 16.2. The lowest BCUT2D eigenvalue weighted by atomic mass is 10.1. The molecule has 0 saturated carbocycles. The van der Waals surface area contributed by atoms with E-state index < -0.39 is 5.91 Å². The van der Waals surface area contributed by atoms with Crippen LogP contribution in [0.5, 0.6) is 0 Å². The second-order valence-electron chi connectivity index (χ2n) is 6.24. The standard InChI is InChI=1S/C20H15N7O/c28-20(27-24-13-4-2-1-3-5-13)19-22-16-10-14-15(11-17(16)23-19)25-26-18(14)12-6-8-21-9-7-12/h1-11,24-26H,(H,27,28). The number of hydrogen-bond acceptors (Lipinski definition) is 5. The fourth-order valence-corrected chi connectivity index (χ4v) is 3.07. The van der Waals surface area contributed by atoms with E-state index >= 15 is 0 Å². The number of aromatic amines is 2. The molecule has 0 unspecified atom stereocenters. The number of rotatable bonds is 4. The average molecular weight is 369 g/mol. The number of anilines is 1. The van der Waals surface area contributed by atoms with Crippen molar-refractivity contribution in [1.82, 2.24) is 30.6 Å². The maximum absolute atomic E-state index is 12.4. The van der Waals surface area contributed by atoms with E-state index in [1.54, 1.807) is 12.4 Å². The molecule has 5 aromatic rings. The first-order valence-electron chi connectivity index (χ1n) is 8.67. The Morgan fingerprint density at radius 1 is 0.893 bits per heavy atom. The second kappa shape index (κ2) is 6.51. The van der Waals surface area contributed by atoms with Crippen molar-refractivity contribution in [3.05, 3.63) is 72.8 Å². The Balaban J connectivity index is 1.46. The molecule has 5 rings (SSSR count). The van der Waals surface area contributed by atoms with Gasteiger partial charge in [-0.15, -0.1) is 0 Å². The Kier molecular flexibility index (Phi) is 3.72. The average Bonchev–Trinajstić information content (AvgIpc) is 3.35. The summed E-state index contributed by atoms with van der Waals surface area (Å²) in [6.45, 7) is 0. The van der Waals surface area contributed by atoms with Crippen LogP contribution in [0.3, 0.4) is 0 Å². The van der Waals surface area contributed by atoms with Gasteiger partial charge >= 0.3 is 5.91 Å². The van der Waals surface area contributed by atoms with Crippen LogP contribution in [0.4, 0.5) is 5.69 Å². The third kappa shape index (κ3) is 2.82. The first-order valence-corrected chi connectivity index (χ1v) is 8.67. The fraction of sp³-hybridized carbons (Fsp3) is 0. The normalized spacial score (nSPS) is 11.0.